The van der Waals surface area contributed by atoms with Crippen molar-refractivity contribution >= 4 is 23.2 Å². The summed E-state index contributed by atoms with van der Waals surface area (Å²) in [5.41, 5.74) is -0.302. The molecule has 1 aliphatic heterocycles. The Hall–Kier alpha value is -2.79. The maximum absolute atomic E-state index is 13.7. The molecule has 4 rings (SSSR count). The first-order chi connectivity index (χ1) is 16.7. The molecule has 1 saturated heterocycles. The zero-order valence-corrected chi connectivity index (χ0v) is 19.9. The van der Waals surface area contributed by atoms with Crippen LogP contribution in [0.5, 0.6) is 0 Å². The SMILES string of the molecule is N#Cc1ccc(N(Cc2ccc(F)cc2C(F)(F)F)[C@H]2CCN(C(=O)C3CCCCC3)C2)cc1Cl. The van der Waals surface area contributed by atoms with Gasteiger partial charge in [0, 0.05) is 37.3 Å². The van der Waals surface area contributed by atoms with Gasteiger partial charge in [0.2, 0.25) is 5.91 Å². The van der Waals surface area contributed by atoms with Gasteiger partial charge in [0.25, 0.3) is 0 Å². The van der Waals surface area contributed by atoms with E-state index in [0.29, 0.717) is 31.3 Å². The van der Waals surface area contributed by atoms with Gasteiger partial charge in [0.1, 0.15) is 11.9 Å². The summed E-state index contributed by atoms with van der Waals surface area (Å²) >= 11 is 6.25. The molecule has 0 aromatic heterocycles. The van der Waals surface area contributed by atoms with Gasteiger partial charge in [-0.3, -0.25) is 4.79 Å². The van der Waals surface area contributed by atoms with Crippen molar-refractivity contribution in [3.63, 3.8) is 0 Å². The summed E-state index contributed by atoms with van der Waals surface area (Å²) in [6.07, 6.45) is 0.823. The van der Waals surface area contributed by atoms with E-state index in [9.17, 15) is 27.6 Å². The van der Waals surface area contributed by atoms with E-state index >= 15 is 0 Å². The Bertz CT molecular complexity index is 1120. The second kappa shape index (κ2) is 10.4. The minimum atomic E-state index is -4.72. The molecule has 2 aromatic carbocycles. The highest BCUT2D eigenvalue weighted by atomic mass is 35.5. The summed E-state index contributed by atoms with van der Waals surface area (Å²) in [5.74, 6) is -0.837. The molecule has 0 spiro atoms. The van der Waals surface area contributed by atoms with E-state index in [1.54, 1.807) is 17.0 Å². The van der Waals surface area contributed by atoms with Gasteiger partial charge in [0.15, 0.2) is 0 Å². The van der Waals surface area contributed by atoms with Gasteiger partial charge < -0.3 is 9.80 Å². The standard InChI is InChI=1S/C26H26ClF4N3O/c27-24-13-21(9-7-18(24)14-32)34(15-19-6-8-20(28)12-23(19)26(29,30)31)22-10-11-33(16-22)25(35)17-4-2-1-3-5-17/h6-9,12-13,17,22H,1-5,10-11,15-16H2/t22-/m0/s1. The Morgan fingerprint density at radius 1 is 1.11 bits per heavy atom. The number of alkyl halides is 3. The average molecular weight is 508 g/mol. The lowest BCUT2D eigenvalue weighted by molar-refractivity contribution is -0.138. The van der Waals surface area contributed by atoms with Crippen molar-refractivity contribution in [3.05, 3.63) is 63.9 Å². The summed E-state index contributed by atoms with van der Waals surface area (Å²) in [5, 5.41) is 9.41. The van der Waals surface area contributed by atoms with Crippen LogP contribution >= 0.6 is 11.6 Å². The monoisotopic (exact) mass is 507 g/mol. The second-order valence-corrected chi connectivity index (χ2v) is 9.67. The highest BCUT2D eigenvalue weighted by Gasteiger charge is 2.37. The van der Waals surface area contributed by atoms with E-state index in [0.717, 1.165) is 44.2 Å². The first kappa shape index (κ1) is 25.3. The summed E-state index contributed by atoms with van der Waals surface area (Å²) < 4.78 is 54.8. The van der Waals surface area contributed by atoms with Crippen LogP contribution in [0.4, 0.5) is 23.2 Å². The number of anilines is 1. The smallest absolute Gasteiger partial charge is 0.362 e. The molecule has 2 aromatic rings. The van der Waals surface area contributed by atoms with Crippen molar-refractivity contribution < 1.29 is 22.4 Å². The molecule has 2 fully saturated rings. The number of nitriles is 1. The number of carbonyl (C=O) groups excluding carboxylic acids is 1. The molecule has 35 heavy (non-hydrogen) atoms. The average Bonchev–Trinajstić information content (AvgIpc) is 3.32. The maximum Gasteiger partial charge on any atom is 0.416 e. The second-order valence-electron chi connectivity index (χ2n) is 9.26. The number of rotatable bonds is 5. The molecule has 0 radical (unpaired) electrons. The molecule has 0 unspecified atom stereocenters. The van der Waals surface area contributed by atoms with Crippen LogP contribution in [0.2, 0.25) is 5.02 Å². The molecule has 1 amide bonds. The molecule has 0 N–H and O–H groups in total. The fourth-order valence-corrected chi connectivity index (χ4v) is 5.36. The Kier molecular flexibility index (Phi) is 7.56. The van der Waals surface area contributed by atoms with Crippen LogP contribution < -0.4 is 4.90 Å². The highest BCUT2D eigenvalue weighted by molar-refractivity contribution is 6.32. The molecule has 1 aliphatic carbocycles. The van der Waals surface area contributed by atoms with Crippen LogP contribution in [0.1, 0.15) is 55.2 Å². The van der Waals surface area contributed by atoms with Crippen molar-refractivity contribution in [1.29, 1.82) is 5.26 Å². The Morgan fingerprint density at radius 2 is 1.86 bits per heavy atom. The maximum atomic E-state index is 13.7. The number of halogens is 5. The van der Waals surface area contributed by atoms with Crippen LogP contribution in [0.3, 0.4) is 0 Å². The van der Waals surface area contributed by atoms with Gasteiger partial charge >= 0.3 is 6.18 Å². The van der Waals surface area contributed by atoms with E-state index in [1.165, 1.54) is 6.07 Å². The van der Waals surface area contributed by atoms with Crippen molar-refractivity contribution in [3.8, 4) is 6.07 Å². The first-order valence-electron chi connectivity index (χ1n) is 11.8. The molecular formula is C26H26ClF4N3O. The van der Waals surface area contributed by atoms with E-state index in [2.05, 4.69) is 0 Å². The summed E-state index contributed by atoms with van der Waals surface area (Å²) in [4.78, 5) is 16.7. The molecule has 1 atom stereocenters. The fourth-order valence-electron chi connectivity index (χ4n) is 5.14. The quantitative estimate of drug-likeness (QED) is 0.431. The van der Waals surface area contributed by atoms with Gasteiger partial charge in [-0.05, 0) is 55.2 Å². The summed E-state index contributed by atoms with van der Waals surface area (Å²) in [6.45, 7) is 0.763. The minimum Gasteiger partial charge on any atom is -0.362 e. The predicted octanol–water partition coefficient (Wildman–Crippen LogP) is 6.56. The third-order valence-electron chi connectivity index (χ3n) is 6.99. The van der Waals surface area contributed by atoms with Crippen LogP contribution in [0.25, 0.3) is 0 Å². The third kappa shape index (κ3) is 5.72. The van der Waals surface area contributed by atoms with Crippen LogP contribution in [0.15, 0.2) is 36.4 Å². The topological polar surface area (TPSA) is 47.3 Å². The zero-order chi connectivity index (χ0) is 25.2. The Morgan fingerprint density at radius 3 is 2.51 bits per heavy atom. The van der Waals surface area contributed by atoms with Crippen molar-refractivity contribution in [2.24, 2.45) is 5.92 Å². The number of hydrogen-bond donors (Lipinski definition) is 0. The predicted molar refractivity (Wildman–Crippen MR) is 125 cm³/mol. The zero-order valence-electron chi connectivity index (χ0n) is 19.1. The highest BCUT2D eigenvalue weighted by Crippen LogP contribution is 2.36. The van der Waals surface area contributed by atoms with Crippen molar-refractivity contribution in [2.45, 2.75) is 57.3 Å². The summed E-state index contributed by atoms with van der Waals surface area (Å²) in [6, 6.07) is 9.13. The lowest BCUT2D eigenvalue weighted by atomic mass is 9.88. The molecule has 9 heteroatoms. The number of hydrogen-bond acceptors (Lipinski definition) is 3. The lowest BCUT2D eigenvalue weighted by Gasteiger charge is -2.33. The van der Waals surface area contributed by atoms with Gasteiger partial charge in [-0.2, -0.15) is 18.4 Å². The number of benzene rings is 2. The van der Waals surface area contributed by atoms with Gasteiger partial charge in [-0.25, -0.2) is 4.39 Å². The Labute approximate surface area is 207 Å². The number of carbonyl (C=O) groups is 1. The van der Waals surface area contributed by atoms with Gasteiger partial charge in [-0.1, -0.05) is 36.9 Å². The number of nitrogens with zero attached hydrogens (tertiary/aromatic N) is 3. The van der Waals surface area contributed by atoms with Gasteiger partial charge in [0.05, 0.1) is 16.1 Å². The molecular weight excluding hydrogens is 482 g/mol. The molecule has 2 aliphatic rings. The number of likely N-dealkylation sites (tertiary alicyclic amines) is 1. The van der Waals surface area contributed by atoms with Crippen LogP contribution in [0, 0.1) is 23.1 Å². The summed E-state index contributed by atoms with van der Waals surface area (Å²) in [7, 11) is 0. The molecule has 4 nitrogen and oxygen atoms in total. The molecule has 0 bridgehead atoms. The molecule has 1 heterocycles. The Balaban J connectivity index is 1.64. The van der Waals surface area contributed by atoms with E-state index in [4.69, 9.17) is 11.6 Å². The van der Waals surface area contributed by atoms with E-state index in [1.807, 2.05) is 11.0 Å². The number of amides is 1. The van der Waals surface area contributed by atoms with Crippen molar-refractivity contribution in [1.82, 2.24) is 4.90 Å². The minimum absolute atomic E-state index is 0.00855. The molecule has 186 valence electrons. The third-order valence-corrected chi connectivity index (χ3v) is 7.31. The van der Waals surface area contributed by atoms with E-state index < -0.39 is 17.6 Å². The van der Waals surface area contributed by atoms with Crippen LogP contribution in [-0.2, 0) is 17.5 Å². The van der Waals surface area contributed by atoms with Gasteiger partial charge in [-0.15, -0.1) is 0 Å². The first-order valence-corrected chi connectivity index (χ1v) is 12.2. The normalized spacial score (nSPS) is 19.0. The lowest BCUT2D eigenvalue weighted by Crippen LogP contribution is -2.41. The largest absolute Gasteiger partial charge is 0.416 e. The van der Waals surface area contributed by atoms with E-state index in [-0.39, 0.29) is 40.6 Å². The van der Waals surface area contributed by atoms with Crippen molar-refractivity contribution in [2.75, 3.05) is 18.0 Å². The van der Waals surface area contributed by atoms with Crippen LogP contribution in [-0.4, -0.2) is 29.9 Å². The molecule has 1 saturated carbocycles. The fraction of sp³-hybridized carbons (Fsp3) is 0.462.